The maximum Gasteiger partial charge on any atom is 0.229 e. The van der Waals surface area contributed by atoms with E-state index in [1.54, 1.807) is 0 Å². The number of rotatable bonds is 2. The van der Waals surface area contributed by atoms with E-state index in [-0.39, 0.29) is 17.2 Å². The molecule has 1 aliphatic heterocycles. The van der Waals surface area contributed by atoms with E-state index in [1.807, 2.05) is 13.8 Å². The predicted molar refractivity (Wildman–Crippen MR) is 48.8 cm³/mol. The third kappa shape index (κ3) is 2.28. The molecular formula is C9H16N2O2. The maximum absolute atomic E-state index is 11.5. The third-order valence-corrected chi connectivity index (χ3v) is 2.21. The summed E-state index contributed by atoms with van der Waals surface area (Å²) in [6, 6.07) is 0. The number of piperidine rings is 1. The van der Waals surface area contributed by atoms with Gasteiger partial charge >= 0.3 is 0 Å². The zero-order valence-electron chi connectivity index (χ0n) is 8.17. The Balaban J connectivity index is 2.71. The van der Waals surface area contributed by atoms with Gasteiger partial charge in [0, 0.05) is 25.9 Å². The average molecular weight is 184 g/mol. The van der Waals surface area contributed by atoms with E-state index in [4.69, 9.17) is 5.73 Å². The Morgan fingerprint density at radius 1 is 1.31 bits per heavy atom. The minimum atomic E-state index is -0.181. The molecule has 2 N–H and O–H groups in total. The molecule has 0 unspecified atom stereocenters. The highest BCUT2D eigenvalue weighted by molar-refractivity contribution is 5.98. The Labute approximate surface area is 78.1 Å². The van der Waals surface area contributed by atoms with Crippen molar-refractivity contribution in [3.05, 3.63) is 0 Å². The Morgan fingerprint density at radius 3 is 2.15 bits per heavy atom. The molecule has 0 atom stereocenters. The summed E-state index contributed by atoms with van der Waals surface area (Å²) in [4.78, 5) is 24.2. The van der Waals surface area contributed by atoms with Crippen molar-refractivity contribution in [1.82, 2.24) is 4.90 Å². The number of nitrogens with zero attached hydrogens (tertiary/aromatic N) is 1. The smallest absolute Gasteiger partial charge is 0.229 e. The molecule has 0 spiro atoms. The standard InChI is InChI=1S/C9H16N2O2/c1-9(2)5-7(12)11(4-3-10)8(13)6-9/h3-6,10H2,1-2H3. The number of nitrogens with two attached hydrogens (primary N) is 1. The molecule has 74 valence electrons. The van der Waals surface area contributed by atoms with Crippen LogP contribution in [0.5, 0.6) is 0 Å². The summed E-state index contributed by atoms with van der Waals surface area (Å²) in [5, 5.41) is 0. The van der Waals surface area contributed by atoms with Crippen LogP contribution in [0.3, 0.4) is 0 Å². The fourth-order valence-corrected chi connectivity index (χ4v) is 1.59. The molecule has 0 aromatic carbocycles. The lowest BCUT2D eigenvalue weighted by Gasteiger charge is -2.34. The number of hydrogen-bond donors (Lipinski definition) is 1. The lowest BCUT2D eigenvalue weighted by atomic mass is 9.82. The second kappa shape index (κ2) is 3.46. The first-order valence-electron chi connectivity index (χ1n) is 4.49. The van der Waals surface area contributed by atoms with Crippen LogP contribution >= 0.6 is 0 Å². The second-order valence-electron chi connectivity index (χ2n) is 4.25. The van der Waals surface area contributed by atoms with Crippen LogP contribution < -0.4 is 5.73 Å². The average Bonchev–Trinajstić information content (AvgIpc) is 1.94. The Hall–Kier alpha value is -0.900. The number of carbonyl (C=O) groups is 2. The van der Waals surface area contributed by atoms with Gasteiger partial charge in [-0.2, -0.15) is 0 Å². The minimum absolute atomic E-state index is 0.0910. The SMILES string of the molecule is CC1(C)CC(=O)N(CCN)C(=O)C1. The molecule has 0 aromatic heterocycles. The van der Waals surface area contributed by atoms with E-state index in [0.717, 1.165) is 0 Å². The summed E-state index contributed by atoms with van der Waals surface area (Å²) in [6.07, 6.45) is 0.886. The van der Waals surface area contributed by atoms with Crippen molar-refractivity contribution >= 4 is 11.8 Å². The number of likely N-dealkylation sites (tertiary alicyclic amines) is 1. The van der Waals surface area contributed by atoms with Crippen LogP contribution in [0, 0.1) is 5.41 Å². The van der Waals surface area contributed by atoms with Crippen LogP contribution in [-0.2, 0) is 9.59 Å². The molecule has 1 heterocycles. The molecule has 0 aromatic rings. The van der Waals surface area contributed by atoms with Crippen molar-refractivity contribution in [3.63, 3.8) is 0 Å². The molecule has 1 fully saturated rings. The van der Waals surface area contributed by atoms with Gasteiger partial charge in [-0.3, -0.25) is 14.5 Å². The molecular weight excluding hydrogens is 168 g/mol. The highest BCUT2D eigenvalue weighted by Crippen LogP contribution is 2.31. The van der Waals surface area contributed by atoms with Crippen molar-refractivity contribution in [2.45, 2.75) is 26.7 Å². The largest absolute Gasteiger partial charge is 0.329 e. The van der Waals surface area contributed by atoms with E-state index < -0.39 is 0 Å². The maximum atomic E-state index is 11.5. The lowest BCUT2D eigenvalue weighted by Crippen LogP contribution is -2.47. The Morgan fingerprint density at radius 2 is 1.77 bits per heavy atom. The van der Waals surface area contributed by atoms with Crippen LogP contribution in [-0.4, -0.2) is 29.8 Å². The number of imide groups is 1. The summed E-state index contributed by atoms with van der Waals surface area (Å²) in [5.74, 6) is -0.182. The van der Waals surface area contributed by atoms with E-state index in [2.05, 4.69) is 0 Å². The first-order chi connectivity index (χ1) is 5.96. The molecule has 0 saturated carbocycles. The summed E-state index contributed by atoms with van der Waals surface area (Å²) >= 11 is 0. The van der Waals surface area contributed by atoms with Gasteiger partial charge in [0.15, 0.2) is 0 Å². The van der Waals surface area contributed by atoms with Crippen LogP contribution in [0.2, 0.25) is 0 Å². The molecule has 13 heavy (non-hydrogen) atoms. The van der Waals surface area contributed by atoms with Crippen molar-refractivity contribution in [2.24, 2.45) is 11.1 Å². The van der Waals surface area contributed by atoms with E-state index in [0.29, 0.717) is 25.9 Å². The molecule has 4 heteroatoms. The molecule has 0 radical (unpaired) electrons. The fraction of sp³-hybridized carbons (Fsp3) is 0.778. The van der Waals surface area contributed by atoms with Crippen LogP contribution in [0.15, 0.2) is 0 Å². The Kier molecular flexibility index (Phi) is 2.71. The van der Waals surface area contributed by atoms with Gasteiger partial charge in [-0.25, -0.2) is 0 Å². The molecule has 1 aliphatic rings. The van der Waals surface area contributed by atoms with Crippen LogP contribution in [0.25, 0.3) is 0 Å². The van der Waals surface area contributed by atoms with Gasteiger partial charge in [0.05, 0.1) is 0 Å². The second-order valence-corrected chi connectivity index (χ2v) is 4.25. The minimum Gasteiger partial charge on any atom is -0.329 e. The van der Waals surface area contributed by atoms with Crippen molar-refractivity contribution in [2.75, 3.05) is 13.1 Å². The van der Waals surface area contributed by atoms with Crippen molar-refractivity contribution in [1.29, 1.82) is 0 Å². The topological polar surface area (TPSA) is 63.4 Å². The summed E-state index contributed by atoms with van der Waals surface area (Å²) in [5.41, 5.74) is 5.12. The van der Waals surface area contributed by atoms with Gasteiger partial charge in [0.2, 0.25) is 11.8 Å². The van der Waals surface area contributed by atoms with E-state index in [9.17, 15) is 9.59 Å². The number of hydrogen-bond acceptors (Lipinski definition) is 3. The lowest BCUT2D eigenvalue weighted by molar-refractivity contribution is -0.152. The molecule has 2 amide bonds. The normalized spacial score (nSPS) is 22.2. The summed E-state index contributed by atoms with van der Waals surface area (Å²) < 4.78 is 0. The monoisotopic (exact) mass is 184 g/mol. The van der Waals surface area contributed by atoms with Gasteiger partial charge in [-0.15, -0.1) is 0 Å². The van der Waals surface area contributed by atoms with Gasteiger partial charge in [-0.05, 0) is 5.41 Å². The predicted octanol–water partition coefficient (Wildman–Crippen LogP) is 0.120. The third-order valence-electron chi connectivity index (χ3n) is 2.21. The van der Waals surface area contributed by atoms with E-state index >= 15 is 0 Å². The summed E-state index contributed by atoms with van der Waals surface area (Å²) in [7, 11) is 0. The molecule has 4 nitrogen and oxygen atoms in total. The van der Waals surface area contributed by atoms with Crippen molar-refractivity contribution in [3.8, 4) is 0 Å². The summed E-state index contributed by atoms with van der Waals surface area (Å²) in [6.45, 7) is 4.57. The molecule has 1 saturated heterocycles. The Bertz CT molecular complexity index is 216. The first-order valence-corrected chi connectivity index (χ1v) is 4.49. The van der Waals surface area contributed by atoms with E-state index in [1.165, 1.54) is 4.90 Å². The van der Waals surface area contributed by atoms with Gasteiger partial charge in [0.1, 0.15) is 0 Å². The fourth-order valence-electron chi connectivity index (χ4n) is 1.59. The molecule has 0 aliphatic carbocycles. The molecule has 0 bridgehead atoms. The van der Waals surface area contributed by atoms with Gasteiger partial charge in [0.25, 0.3) is 0 Å². The van der Waals surface area contributed by atoms with Crippen LogP contribution in [0.1, 0.15) is 26.7 Å². The number of carbonyl (C=O) groups excluding carboxylic acids is 2. The highest BCUT2D eigenvalue weighted by Gasteiger charge is 2.36. The molecule has 1 rings (SSSR count). The zero-order valence-corrected chi connectivity index (χ0v) is 8.17. The zero-order chi connectivity index (χ0) is 10.1. The first kappa shape index (κ1) is 10.2. The van der Waals surface area contributed by atoms with Gasteiger partial charge < -0.3 is 5.73 Å². The number of amides is 2. The highest BCUT2D eigenvalue weighted by atomic mass is 16.2. The quantitative estimate of drug-likeness (QED) is 0.620. The van der Waals surface area contributed by atoms with Gasteiger partial charge in [-0.1, -0.05) is 13.8 Å². The van der Waals surface area contributed by atoms with Crippen LogP contribution in [0.4, 0.5) is 0 Å². The van der Waals surface area contributed by atoms with Crippen molar-refractivity contribution < 1.29 is 9.59 Å².